The van der Waals surface area contributed by atoms with Gasteiger partial charge in [-0.05, 0) is 37.1 Å². The van der Waals surface area contributed by atoms with Crippen LogP contribution in [0.4, 0.5) is 0 Å². The summed E-state index contributed by atoms with van der Waals surface area (Å²) in [4.78, 5) is 16.8. The molecule has 2 heterocycles. The lowest BCUT2D eigenvalue weighted by molar-refractivity contribution is 0.419. The number of fused-ring (bicyclic) bond motifs is 1. The van der Waals surface area contributed by atoms with Crippen LogP contribution in [0.2, 0.25) is 0 Å². The zero-order valence-electron chi connectivity index (χ0n) is 15.4. The van der Waals surface area contributed by atoms with Crippen LogP contribution in [0, 0.1) is 13.8 Å². The maximum absolute atomic E-state index is 12.0. The molecule has 4 rings (SSSR count). The highest BCUT2D eigenvalue weighted by atomic mass is 32.1. The summed E-state index contributed by atoms with van der Waals surface area (Å²) in [5, 5.41) is 3.92. The molecule has 0 unspecified atom stereocenters. The van der Waals surface area contributed by atoms with Crippen molar-refractivity contribution in [3.05, 3.63) is 80.0 Å². The molecule has 5 heteroatoms. The van der Waals surface area contributed by atoms with Crippen molar-refractivity contribution in [2.45, 2.75) is 20.3 Å². The normalized spacial score (nSPS) is 11.1. The van der Waals surface area contributed by atoms with E-state index in [0.29, 0.717) is 16.9 Å². The van der Waals surface area contributed by atoms with Crippen molar-refractivity contribution in [3.63, 3.8) is 0 Å². The van der Waals surface area contributed by atoms with Crippen molar-refractivity contribution in [2.75, 3.05) is 7.11 Å². The van der Waals surface area contributed by atoms with Crippen LogP contribution in [-0.4, -0.2) is 12.1 Å². The molecule has 0 saturated carbocycles. The minimum absolute atomic E-state index is 0.311. The van der Waals surface area contributed by atoms with Gasteiger partial charge in [-0.25, -0.2) is 9.78 Å². The van der Waals surface area contributed by atoms with Crippen LogP contribution >= 0.6 is 11.3 Å². The molecule has 0 atom stereocenters. The fourth-order valence-corrected chi connectivity index (χ4v) is 4.05. The molecule has 0 spiro atoms. The van der Waals surface area contributed by atoms with Crippen molar-refractivity contribution in [1.82, 2.24) is 4.98 Å². The van der Waals surface area contributed by atoms with Gasteiger partial charge in [-0.15, -0.1) is 11.3 Å². The molecule has 0 bridgehead atoms. The van der Waals surface area contributed by atoms with E-state index in [0.717, 1.165) is 33.6 Å². The highest BCUT2D eigenvalue weighted by Crippen LogP contribution is 2.38. The molecule has 27 heavy (non-hydrogen) atoms. The standard InChI is InChI=1S/C22H19NO3S/c1-13-14(2)22(24)26-18-10-9-16(21(25-3)20(13)18)17-12-27-19(23-17)11-15-7-5-4-6-8-15/h4-10,12H,11H2,1-3H3. The first-order valence-corrected chi connectivity index (χ1v) is 9.56. The number of aryl methyl sites for hydroxylation is 1. The Kier molecular flexibility index (Phi) is 4.54. The smallest absolute Gasteiger partial charge is 0.339 e. The molecular formula is C22H19NO3S. The fraction of sp³-hybridized carbons (Fsp3) is 0.182. The second-order valence-corrected chi connectivity index (χ2v) is 7.39. The summed E-state index contributed by atoms with van der Waals surface area (Å²) in [7, 11) is 1.63. The minimum Gasteiger partial charge on any atom is -0.495 e. The van der Waals surface area contributed by atoms with Crippen molar-refractivity contribution < 1.29 is 9.15 Å². The molecule has 0 aliphatic heterocycles. The summed E-state index contributed by atoms with van der Waals surface area (Å²) in [6.45, 7) is 3.69. The van der Waals surface area contributed by atoms with Gasteiger partial charge in [0.1, 0.15) is 11.3 Å². The van der Waals surface area contributed by atoms with Gasteiger partial charge < -0.3 is 9.15 Å². The minimum atomic E-state index is -0.311. The highest BCUT2D eigenvalue weighted by molar-refractivity contribution is 7.10. The van der Waals surface area contributed by atoms with E-state index in [2.05, 4.69) is 12.1 Å². The summed E-state index contributed by atoms with van der Waals surface area (Å²) < 4.78 is 11.2. The lowest BCUT2D eigenvalue weighted by atomic mass is 10.0. The number of hydrogen-bond acceptors (Lipinski definition) is 5. The Hall–Kier alpha value is -2.92. The van der Waals surface area contributed by atoms with Gasteiger partial charge in [0, 0.05) is 22.9 Å². The van der Waals surface area contributed by atoms with Gasteiger partial charge in [0.05, 0.1) is 23.2 Å². The first-order valence-electron chi connectivity index (χ1n) is 8.68. The second-order valence-electron chi connectivity index (χ2n) is 6.45. The monoisotopic (exact) mass is 377 g/mol. The Morgan fingerprint density at radius 3 is 2.59 bits per heavy atom. The van der Waals surface area contributed by atoms with E-state index in [1.807, 2.05) is 42.6 Å². The lowest BCUT2D eigenvalue weighted by Crippen LogP contribution is -2.06. The third-order valence-corrected chi connectivity index (χ3v) is 5.64. The molecule has 0 amide bonds. The Morgan fingerprint density at radius 2 is 1.85 bits per heavy atom. The summed E-state index contributed by atoms with van der Waals surface area (Å²) >= 11 is 1.63. The molecule has 4 nitrogen and oxygen atoms in total. The third-order valence-electron chi connectivity index (χ3n) is 4.80. The van der Waals surface area contributed by atoms with Crippen molar-refractivity contribution >= 4 is 22.3 Å². The number of hydrogen-bond donors (Lipinski definition) is 0. The van der Waals surface area contributed by atoms with Crippen LogP contribution in [0.5, 0.6) is 5.75 Å². The van der Waals surface area contributed by atoms with Gasteiger partial charge in [0.2, 0.25) is 0 Å². The number of nitrogens with zero attached hydrogens (tertiary/aromatic N) is 1. The largest absolute Gasteiger partial charge is 0.495 e. The number of rotatable bonds is 4. The van der Waals surface area contributed by atoms with Gasteiger partial charge in [-0.3, -0.25) is 0 Å². The lowest BCUT2D eigenvalue weighted by Gasteiger charge is -2.12. The van der Waals surface area contributed by atoms with Crippen LogP contribution in [0.1, 0.15) is 21.7 Å². The molecule has 0 aliphatic carbocycles. The van der Waals surface area contributed by atoms with E-state index in [4.69, 9.17) is 14.1 Å². The zero-order chi connectivity index (χ0) is 19.0. The molecule has 136 valence electrons. The van der Waals surface area contributed by atoms with Crippen LogP contribution in [-0.2, 0) is 6.42 Å². The van der Waals surface area contributed by atoms with E-state index >= 15 is 0 Å². The maximum atomic E-state index is 12.0. The Morgan fingerprint density at radius 1 is 1.07 bits per heavy atom. The average molecular weight is 377 g/mol. The number of aromatic nitrogens is 1. The Balaban J connectivity index is 1.81. The highest BCUT2D eigenvalue weighted by Gasteiger charge is 2.18. The molecule has 0 saturated heterocycles. The summed E-state index contributed by atoms with van der Waals surface area (Å²) in [6.07, 6.45) is 0.800. The van der Waals surface area contributed by atoms with Gasteiger partial charge in [-0.2, -0.15) is 0 Å². The van der Waals surface area contributed by atoms with Gasteiger partial charge in [0.15, 0.2) is 0 Å². The van der Waals surface area contributed by atoms with Crippen molar-refractivity contribution in [3.8, 4) is 17.0 Å². The number of thiazole rings is 1. The van der Waals surface area contributed by atoms with Gasteiger partial charge >= 0.3 is 5.63 Å². The Bertz CT molecular complexity index is 1180. The van der Waals surface area contributed by atoms with Crippen LogP contribution < -0.4 is 10.4 Å². The quantitative estimate of drug-likeness (QED) is 0.463. The van der Waals surface area contributed by atoms with Crippen molar-refractivity contribution in [1.29, 1.82) is 0 Å². The molecule has 2 aromatic carbocycles. The summed E-state index contributed by atoms with van der Waals surface area (Å²) in [6, 6.07) is 14.0. The van der Waals surface area contributed by atoms with E-state index in [1.54, 1.807) is 25.4 Å². The predicted molar refractivity (Wildman–Crippen MR) is 109 cm³/mol. The molecule has 2 aromatic heterocycles. The molecule has 4 aromatic rings. The number of ether oxygens (including phenoxy) is 1. The SMILES string of the molecule is COc1c(-c2csc(Cc3ccccc3)n2)ccc2oc(=O)c(C)c(C)c12. The molecule has 0 fully saturated rings. The van der Waals surface area contributed by atoms with Gasteiger partial charge in [0.25, 0.3) is 0 Å². The first-order chi connectivity index (χ1) is 13.1. The number of methoxy groups -OCH3 is 1. The van der Waals surface area contributed by atoms with Crippen LogP contribution in [0.15, 0.2) is 57.1 Å². The van der Waals surface area contributed by atoms with Crippen LogP contribution in [0.25, 0.3) is 22.2 Å². The zero-order valence-corrected chi connectivity index (χ0v) is 16.2. The summed E-state index contributed by atoms with van der Waals surface area (Å²) in [5.41, 5.74) is 4.69. The van der Waals surface area contributed by atoms with E-state index in [9.17, 15) is 4.79 Å². The maximum Gasteiger partial charge on any atom is 0.339 e. The van der Waals surface area contributed by atoms with E-state index < -0.39 is 0 Å². The third kappa shape index (κ3) is 3.15. The average Bonchev–Trinajstić information content (AvgIpc) is 3.14. The topological polar surface area (TPSA) is 52.3 Å². The first kappa shape index (κ1) is 17.5. The van der Waals surface area contributed by atoms with Crippen molar-refractivity contribution in [2.24, 2.45) is 0 Å². The van der Waals surface area contributed by atoms with E-state index in [1.165, 1.54) is 5.56 Å². The molecular weight excluding hydrogens is 358 g/mol. The fourth-order valence-electron chi connectivity index (χ4n) is 3.22. The number of benzene rings is 2. The second kappa shape index (κ2) is 7.00. The predicted octanol–water partition coefficient (Wildman–Crippen LogP) is 5.13. The molecule has 0 N–H and O–H groups in total. The molecule has 0 radical (unpaired) electrons. The van der Waals surface area contributed by atoms with E-state index in [-0.39, 0.29) is 5.63 Å². The molecule has 0 aliphatic rings. The Labute approximate surface area is 161 Å². The van der Waals surface area contributed by atoms with Crippen LogP contribution in [0.3, 0.4) is 0 Å². The summed E-state index contributed by atoms with van der Waals surface area (Å²) in [5.74, 6) is 0.688. The van der Waals surface area contributed by atoms with Gasteiger partial charge in [-0.1, -0.05) is 30.3 Å².